The molecule has 6 heteroatoms. The SMILES string of the molecule is CCc1[nH]c(=S)[nH]c(=O)c1Cc1ccc(Cl)c(Cl)c1. The van der Waals surface area contributed by atoms with E-state index in [1.54, 1.807) is 12.1 Å². The first-order chi connectivity index (χ1) is 9.01. The van der Waals surface area contributed by atoms with E-state index in [0.29, 0.717) is 33.2 Å². The summed E-state index contributed by atoms with van der Waals surface area (Å²) in [5.41, 5.74) is 2.29. The van der Waals surface area contributed by atoms with Crippen molar-refractivity contribution in [2.45, 2.75) is 19.8 Å². The van der Waals surface area contributed by atoms with Gasteiger partial charge in [-0.25, -0.2) is 0 Å². The Morgan fingerprint density at radius 2 is 1.95 bits per heavy atom. The molecule has 0 amide bonds. The Morgan fingerprint density at radius 1 is 1.21 bits per heavy atom. The molecule has 2 rings (SSSR count). The van der Waals surface area contributed by atoms with E-state index in [2.05, 4.69) is 9.97 Å². The summed E-state index contributed by atoms with van der Waals surface area (Å²) in [6.07, 6.45) is 1.20. The molecule has 0 spiro atoms. The number of aryl methyl sites for hydroxylation is 1. The molecule has 0 bridgehead atoms. The second-order valence-electron chi connectivity index (χ2n) is 4.14. The summed E-state index contributed by atoms with van der Waals surface area (Å²) in [5.74, 6) is 0. The van der Waals surface area contributed by atoms with Crippen LogP contribution in [0.4, 0.5) is 0 Å². The second kappa shape index (κ2) is 5.90. The number of aromatic amines is 2. The van der Waals surface area contributed by atoms with Gasteiger partial charge in [-0.3, -0.25) is 9.78 Å². The fourth-order valence-electron chi connectivity index (χ4n) is 1.90. The lowest BCUT2D eigenvalue weighted by molar-refractivity contribution is 0.907. The first-order valence-corrected chi connectivity index (χ1v) is 6.96. The number of aromatic nitrogens is 2. The summed E-state index contributed by atoms with van der Waals surface area (Å²) < 4.78 is 0.347. The van der Waals surface area contributed by atoms with Crippen LogP contribution in [0.2, 0.25) is 10.0 Å². The Balaban J connectivity index is 2.46. The molecule has 19 heavy (non-hydrogen) atoms. The van der Waals surface area contributed by atoms with Crippen molar-refractivity contribution >= 4 is 35.4 Å². The van der Waals surface area contributed by atoms with Gasteiger partial charge in [0.2, 0.25) is 0 Å². The second-order valence-corrected chi connectivity index (χ2v) is 5.37. The lowest BCUT2D eigenvalue weighted by Crippen LogP contribution is -2.18. The van der Waals surface area contributed by atoms with E-state index in [-0.39, 0.29) is 5.56 Å². The van der Waals surface area contributed by atoms with Crippen molar-refractivity contribution in [3.63, 3.8) is 0 Å². The lowest BCUT2D eigenvalue weighted by Gasteiger charge is -2.07. The number of hydrogen-bond acceptors (Lipinski definition) is 2. The molecular weight excluding hydrogens is 303 g/mol. The van der Waals surface area contributed by atoms with Crippen LogP contribution in [-0.2, 0) is 12.8 Å². The highest BCUT2D eigenvalue weighted by Crippen LogP contribution is 2.23. The fraction of sp³-hybridized carbons (Fsp3) is 0.231. The maximum Gasteiger partial charge on any atom is 0.255 e. The van der Waals surface area contributed by atoms with Crippen molar-refractivity contribution in [3.05, 3.63) is 60.2 Å². The van der Waals surface area contributed by atoms with E-state index in [4.69, 9.17) is 35.4 Å². The minimum atomic E-state index is -0.160. The highest BCUT2D eigenvalue weighted by molar-refractivity contribution is 7.71. The number of H-pyrrole nitrogens is 2. The van der Waals surface area contributed by atoms with Crippen molar-refractivity contribution in [2.24, 2.45) is 0 Å². The predicted octanol–water partition coefficient (Wildman–Crippen LogP) is 3.89. The number of benzene rings is 1. The molecule has 0 radical (unpaired) electrons. The zero-order valence-corrected chi connectivity index (χ0v) is 12.5. The number of hydrogen-bond donors (Lipinski definition) is 2. The van der Waals surface area contributed by atoms with Gasteiger partial charge in [0.25, 0.3) is 5.56 Å². The largest absolute Gasteiger partial charge is 0.336 e. The molecule has 0 saturated carbocycles. The van der Waals surface area contributed by atoms with Gasteiger partial charge in [0.15, 0.2) is 4.77 Å². The molecule has 0 aliphatic heterocycles. The van der Waals surface area contributed by atoms with Gasteiger partial charge >= 0.3 is 0 Å². The van der Waals surface area contributed by atoms with Crippen LogP contribution in [0.1, 0.15) is 23.7 Å². The number of halogens is 2. The molecule has 1 aromatic carbocycles. The quantitative estimate of drug-likeness (QED) is 0.844. The fourth-order valence-corrected chi connectivity index (χ4v) is 2.44. The van der Waals surface area contributed by atoms with Gasteiger partial charge in [-0.05, 0) is 36.3 Å². The van der Waals surface area contributed by atoms with Crippen LogP contribution in [0, 0.1) is 4.77 Å². The molecule has 0 saturated heterocycles. The van der Waals surface area contributed by atoms with Crippen molar-refractivity contribution in [1.29, 1.82) is 0 Å². The van der Waals surface area contributed by atoms with E-state index in [0.717, 1.165) is 11.3 Å². The Kier molecular flexibility index (Phi) is 4.45. The molecule has 1 aromatic heterocycles. The third-order valence-corrected chi connectivity index (χ3v) is 3.79. The van der Waals surface area contributed by atoms with Gasteiger partial charge < -0.3 is 4.98 Å². The number of rotatable bonds is 3. The van der Waals surface area contributed by atoms with E-state index in [9.17, 15) is 4.79 Å². The molecule has 2 aromatic rings. The van der Waals surface area contributed by atoms with Crippen LogP contribution in [0.15, 0.2) is 23.0 Å². The summed E-state index contributed by atoms with van der Waals surface area (Å²) >= 11 is 16.8. The van der Waals surface area contributed by atoms with Gasteiger partial charge in [-0.1, -0.05) is 36.2 Å². The third-order valence-electron chi connectivity index (χ3n) is 2.85. The zero-order chi connectivity index (χ0) is 14.0. The standard InChI is InChI=1S/C13H12Cl2N2OS/c1-2-11-8(12(18)17-13(19)16-11)5-7-3-4-9(14)10(15)6-7/h3-4,6H,2,5H2,1H3,(H2,16,17,18,19). The Bertz CT molecular complexity index is 721. The van der Waals surface area contributed by atoms with E-state index >= 15 is 0 Å². The van der Waals surface area contributed by atoms with Crippen LogP contribution in [0.25, 0.3) is 0 Å². The molecule has 0 unspecified atom stereocenters. The van der Waals surface area contributed by atoms with Gasteiger partial charge in [0, 0.05) is 17.7 Å². The van der Waals surface area contributed by atoms with Crippen LogP contribution >= 0.6 is 35.4 Å². The van der Waals surface area contributed by atoms with Crippen molar-refractivity contribution in [3.8, 4) is 0 Å². The minimum absolute atomic E-state index is 0.160. The molecule has 1 heterocycles. The molecule has 100 valence electrons. The first-order valence-electron chi connectivity index (χ1n) is 5.79. The smallest absolute Gasteiger partial charge is 0.255 e. The molecule has 0 atom stereocenters. The summed E-state index contributed by atoms with van der Waals surface area (Å²) in [6.45, 7) is 1.97. The van der Waals surface area contributed by atoms with Crippen LogP contribution < -0.4 is 5.56 Å². The molecule has 3 nitrogen and oxygen atoms in total. The maximum absolute atomic E-state index is 12.0. The Hall–Kier alpha value is -1.10. The Labute approximate surface area is 125 Å². The molecular formula is C13H12Cl2N2OS. The topological polar surface area (TPSA) is 48.6 Å². The average Bonchev–Trinajstić information content (AvgIpc) is 2.36. The molecule has 0 aliphatic carbocycles. The van der Waals surface area contributed by atoms with Crippen molar-refractivity contribution in [2.75, 3.05) is 0 Å². The summed E-state index contributed by atoms with van der Waals surface area (Å²) in [6, 6.07) is 5.35. The molecule has 0 fully saturated rings. The van der Waals surface area contributed by atoms with E-state index < -0.39 is 0 Å². The summed E-state index contributed by atoms with van der Waals surface area (Å²) in [4.78, 5) is 17.6. The zero-order valence-electron chi connectivity index (χ0n) is 10.2. The van der Waals surface area contributed by atoms with Crippen LogP contribution in [-0.4, -0.2) is 9.97 Å². The van der Waals surface area contributed by atoms with E-state index in [1.807, 2.05) is 13.0 Å². The van der Waals surface area contributed by atoms with Crippen LogP contribution in [0.3, 0.4) is 0 Å². The first kappa shape index (κ1) is 14.3. The lowest BCUT2D eigenvalue weighted by atomic mass is 10.0. The van der Waals surface area contributed by atoms with E-state index in [1.165, 1.54) is 0 Å². The summed E-state index contributed by atoms with van der Waals surface area (Å²) in [5, 5.41) is 0.986. The maximum atomic E-state index is 12.0. The number of nitrogens with one attached hydrogen (secondary N) is 2. The average molecular weight is 315 g/mol. The van der Waals surface area contributed by atoms with Crippen molar-refractivity contribution in [1.82, 2.24) is 9.97 Å². The van der Waals surface area contributed by atoms with Gasteiger partial charge in [0.1, 0.15) is 0 Å². The van der Waals surface area contributed by atoms with Crippen molar-refractivity contribution < 1.29 is 0 Å². The monoisotopic (exact) mass is 314 g/mol. The highest BCUT2D eigenvalue weighted by Gasteiger charge is 2.09. The molecule has 0 aliphatic rings. The van der Waals surface area contributed by atoms with Crippen LogP contribution in [0.5, 0.6) is 0 Å². The summed E-state index contributed by atoms with van der Waals surface area (Å²) in [7, 11) is 0. The molecule has 2 N–H and O–H groups in total. The predicted molar refractivity (Wildman–Crippen MR) is 80.9 cm³/mol. The third kappa shape index (κ3) is 3.26. The normalized spacial score (nSPS) is 10.7. The highest BCUT2D eigenvalue weighted by atomic mass is 35.5. The van der Waals surface area contributed by atoms with Gasteiger partial charge in [-0.2, -0.15) is 0 Å². The Morgan fingerprint density at radius 3 is 2.58 bits per heavy atom. The van der Waals surface area contributed by atoms with Gasteiger partial charge in [0.05, 0.1) is 10.0 Å². The van der Waals surface area contributed by atoms with Gasteiger partial charge in [-0.15, -0.1) is 0 Å². The minimum Gasteiger partial charge on any atom is -0.336 e.